The molecule has 2 unspecified atom stereocenters. The summed E-state index contributed by atoms with van der Waals surface area (Å²) in [5.74, 6) is 1.84. The van der Waals surface area contributed by atoms with Gasteiger partial charge in [0.15, 0.2) is 0 Å². The second-order valence-corrected chi connectivity index (χ2v) is 7.16. The number of rotatable bonds is 1. The van der Waals surface area contributed by atoms with Crippen molar-refractivity contribution in [1.82, 2.24) is 4.90 Å². The minimum atomic E-state index is 0.213. The number of likely N-dealkylation sites (tertiary alicyclic amines) is 1. The summed E-state index contributed by atoms with van der Waals surface area (Å²) < 4.78 is 1.07. The van der Waals surface area contributed by atoms with Crippen LogP contribution in [0.15, 0.2) is 22.7 Å². The number of carbonyl (C=O) groups is 1. The number of benzene rings is 1. The van der Waals surface area contributed by atoms with Crippen LogP contribution in [0.4, 0.5) is 0 Å². The molecule has 1 amide bonds. The minimum Gasteiger partial charge on any atom is -0.338 e. The molecule has 1 saturated carbocycles. The smallest absolute Gasteiger partial charge is 0.253 e. The predicted molar refractivity (Wildman–Crippen MR) is 84.8 cm³/mol. The summed E-state index contributed by atoms with van der Waals surface area (Å²) in [6.07, 6.45) is 6.63. The Bertz CT molecular complexity index is 514. The van der Waals surface area contributed by atoms with E-state index in [0.717, 1.165) is 40.5 Å². The first kappa shape index (κ1) is 14.1. The van der Waals surface area contributed by atoms with Gasteiger partial charge in [0.1, 0.15) is 0 Å². The van der Waals surface area contributed by atoms with E-state index in [2.05, 4.69) is 20.8 Å². The van der Waals surface area contributed by atoms with Crippen LogP contribution in [0.5, 0.6) is 0 Å². The summed E-state index contributed by atoms with van der Waals surface area (Å²) in [6, 6.07) is 5.92. The Morgan fingerprint density at radius 1 is 1.20 bits per heavy atom. The van der Waals surface area contributed by atoms with Gasteiger partial charge in [-0.15, -0.1) is 0 Å². The number of halogens is 1. The first-order valence-electron chi connectivity index (χ1n) is 7.70. The van der Waals surface area contributed by atoms with Crippen LogP contribution >= 0.6 is 15.9 Å². The summed E-state index contributed by atoms with van der Waals surface area (Å²) in [7, 11) is 0. The van der Waals surface area contributed by atoms with Gasteiger partial charge in [-0.25, -0.2) is 0 Å². The lowest BCUT2D eigenvalue weighted by molar-refractivity contribution is 0.0521. The molecule has 0 N–H and O–H groups in total. The van der Waals surface area contributed by atoms with Crippen molar-refractivity contribution in [3.63, 3.8) is 0 Å². The largest absolute Gasteiger partial charge is 0.338 e. The van der Waals surface area contributed by atoms with E-state index >= 15 is 0 Å². The Kier molecular flexibility index (Phi) is 4.16. The average Bonchev–Trinajstić information content (AvgIpc) is 2.49. The molecule has 2 nitrogen and oxygen atoms in total. The van der Waals surface area contributed by atoms with Gasteiger partial charge in [-0.3, -0.25) is 4.79 Å². The third-order valence-corrected chi connectivity index (χ3v) is 5.87. The van der Waals surface area contributed by atoms with Crippen molar-refractivity contribution < 1.29 is 4.79 Å². The number of fused-ring (bicyclic) bond motifs is 1. The summed E-state index contributed by atoms with van der Waals surface area (Å²) in [6.45, 7) is 3.95. The quantitative estimate of drug-likeness (QED) is 0.744. The van der Waals surface area contributed by atoms with Gasteiger partial charge < -0.3 is 4.90 Å². The molecule has 0 aromatic heterocycles. The topological polar surface area (TPSA) is 20.3 Å². The van der Waals surface area contributed by atoms with Gasteiger partial charge in [-0.05, 0) is 55.4 Å². The van der Waals surface area contributed by atoms with E-state index in [1.165, 1.54) is 32.1 Å². The fourth-order valence-corrected chi connectivity index (χ4v) is 3.99. The molecule has 2 aliphatic rings. The number of carbonyl (C=O) groups excluding carboxylic acids is 1. The van der Waals surface area contributed by atoms with Crippen molar-refractivity contribution in [1.29, 1.82) is 0 Å². The number of aryl methyl sites for hydroxylation is 1. The van der Waals surface area contributed by atoms with Crippen LogP contribution in [-0.4, -0.2) is 23.9 Å². The number of piperidine rings is 1. The van der Waals surface area contributed by atoms with Crippen LogP contribution in [0.25, 0.3) is 0 Å². The van der Waals surface area contributed by atoms with Crippen molar-refractivity contribution in [3.8, 4) is 0 Å². The number of hydrogen-bond acceptors (Lipinski definition) is 1. The molecular formula is C17H22BrNO. The van der Waals surface area contributed by atoms with Crippen LogP contribution < -0.4 is 0 Å². The van der Waals surface area contributed by atoms with E-state index in [1.54, 1.807) is 0 Å². The van der Waals surface area contributed by atoms with Gasteiger partial charge in [0.05, 0.1) is 0 Å². The monoisotopic (exact) mass is 335 g/mol. The van der Waals surface area contributed by atoms with E-state index in [9.17, 15) is 4.79 Å². The highest BCUT2D eigenvalue weighted by Crippen LogP contribution is 2.36. The molecular weight excluding hydrogens is 314 g/mol. The Balaban J connectivity index is 1.72. The first-order chi connectivity index (χ1) is 9.65. The maximum atomic E-state index is 12.6. The van der Waals surface area contributed by atoms with Crippen molar-refractivity contribution in [3.05, 3.63) is 33.8 Å². The molecule has 1 aromatic carbocycles. The number of hydrogen-bond donors (Lipinski definition) is 0. The number of nitrogens with zero attached hydrogens (tertiary/aromatic N) is 1. The summed E-state index contributed by atoms with van der Waals surface area (Å²) in [4.78, 5) is 14.7. The fourth-order valence-electron chi connectivity index (χ4n) is 3.75. The van der Waals surface area contributed by atoms with E-state index in [0.29, 0.717) is 0 Å². The summed E-state index contributed by atoms with van der Waals surface area (Å²) >= 11 is 3.50. The highest BCUT2D eigenvalue weighted by molar-refractivity contribution is 9.10. The molecule has 0 spiro atoms. The van der Waals surface area contributed by atoms with Crippen molar-refractivity contribution in [2.75, 3.05) is 13.1 Å². The maximum Gasteiger partial charge on any atom is 0.253 e. The molecule has 1 saturated heterocycles. The molecule has 108 valence electrons. The van der Waals surface area contributed by atoms with E-state index in [4.69, 9.17) is 0 Å². The normalized spacial score (nSPS) is 26.2. The van der Waals surface area contributed by atoms with Crippen LogP contribution in [0.1, 0.15) is 48.0 Å². The third-order valence-electron chi connectivity index (χ3n) is 4.98. The Morgan fingerprint density at radius 3 is 2.70 bits per heavy atom. The fraction of sp³-hybridized carbons (Fsp3) is 0.588. The first-order valence-corrected chi connectivity index (χ1v) is 8.50. The Hall–Kier alpha value is -0.830. The molecule has 1 heterocycles. The third kappa shape index (κ3) is 2.78. The van der Waals surface area contributed by atoms with Gasteiger partial charge in [0.25, 0.3) is 5.91 Å². The van der Waals surface area contributed by atoms with Gasteiger partial charge >= 0.3 is 0 Å². The molecule has 2 fully saturated rings. The maximum absolute atomic E-state index is 12.6. The average molecular weight is 336 g/mol. The molecule has 0 radical (unpaired) electrons. The highest BCUT2D eigenvalue weighted by Gasteiger charge is 2.33. The zero-order valence-electron chi connectivity index (χ0n) is 12.1. The van der Waals surface area contributed by atoms with Crippen LogP contribution in [0.2, 0.25) is 0 Å². The molecule has 1 aromatic rings. The summed E-state index contributed by atoms with van der Waals surface area (Å²) in [5, 5.41) is 0. The summed E-state index contributed by atoms with van der Waals surface area (Å²) in [5.41, 5.74) is 1.96. The molecule has 2 atom stereocenters. The zero-order valence-corrected chi connectivity index (χ0v) is 13.7. The van der Waals surface area contributed by atoms with Gasteiger partial charge in [0, 0.05) is 23.1 Å². The second-order valence-electron chi connectivity index (χ2n) is 6.31. The lowest BCUT2D eigenvalue weighted by Crippen LogP contribution is -2.44. The zero-order chi connectivity index (χ0) is 14.1. The molecule has 1 aliphatic carbocycles. The molecule has 0 bridgehead atoms. The predicted octanol–water partition coefficient (Wildman–Crippen LogP) is 4.41. The van der Waals surface area contributed by atoms with E-state index in [1.807, 2.05) is 25.1 Å². The molecule has 3 rings (SSSR count). The Morgan fingerprint density at radius 2 is 1.95 bits per heavy atom. The highest BCUT2D eigenvalue weighted by atomic mass is 79.9. The minimum absolute atomic E-state index is 0.213. The van der Waals surface area contributed by atoms with Gasteiger partial charge in [-0.2, -0.15) is 0 Å². The van der Waals surface area contributed by atoms with Crippen LogP contribution in [0.3, 0.4) is 0 Å². The van der Waals surface area contributed by atoms with Gasteiger partial charge in [-0.1, -0.05) is 35.2 Å². The standard InChI is InChI=1S/C17H22BrNO/c1-12-10-14(6-7-16(12)18)17(20)19-9-8-13-4-2-3-5-15(13)11-19/h6-7,10,13,15H,2-5,8-9,11H2,1H3. The SMILES string of the molecule is Cc1cc(C(=O)N2CCC3CCCCC3C2)ccc1Br. The molecule has 1 aliphatic heterocycles. The van der Waals surface area contributed by atoms with Crippen LogP contribution in [-0.2, 0) is 0 Å². The molecule has 3 heteroatoms. The second kappa shape index (κ2) is 5.88. The lowest BCUT2D eigenvalue weighted by atomic mass is 9.75. The van der Waals surface area contributed by atoms with Crippen LogP contribution in [0, 0.1) is 18.8 Å². The van der Waals surface area contributed by atoms with Crippen molar-refractivity contribution >= 4 is 21.8 Å². The number of amides is 1. The Labute approximate surface area is 129 Å². The lowest BCUT2D eigenvalue weighted by Gasteiger charge is -2.41. The van der Waals surface area contributed by atoms with Crippen molar-refractivity contribution in [2.24, 2.45) is 11.8 Å². The van der Waals surface area contributed by atoms with E-state index in [-0.39, 0.29) is 5.91 Å². The molecule has 20 heavy (non-hydrogen) atoms. The van der Waals surface area contributed by atoms with Crippen molar-refractivity contribution in [2.45, 2.75) is 39.0 Å². The van der Waals surface area contributed by atoms with E-state index < -0.39 is 0 Å². The van der Waals surface area contributed by atoms with Gasteiger partial charge in [0.2, 0.25) is 0 Å².